The molecule has 2 rings (SSSR count). The molecule has 1 fully saturated rings. The Morgan fingerprint density at radius 1 is 1.20 bits per heavy atom. The fourth-order valence-electron chi connectivity index (χ4n) is 3.12. The number of aryl methyl sites for hydroxylation is 1. The summed E-state index contributed by atoms with van der Waals surface area (Å²) in [5.74, 6) is 0. The molecule has 0 amide bonds. The van der Waals surface area contributed by atoms with E-state index in [1.165, 1.54) is 49.9 Å². The number of benzene rings is 1. The van der Waals surface area contributed by atoms with Crippen molar-refractivity contribution in [1.82, 2.24) is 10.2 Å². The van der Waals surface area contributed by atoms with E-state index in [-0.39, 0.29) is 0 Å². The average molecular weight is 274 g/mol. The van der Waals surface area contributed by atoms with Gasteiger partial charge in [0.1, 0.15) is 0 Å². The molecule has 1 unspecified atom stereocenters. The largest absolute Gasteiger partial charge is 0.314 e. The predicted octanol–water partition coefficient (Wildman–Crippen LogP) is 3.77. The number of likely N-dealkylation sites (tertiary alicyclic amines) is 1. The van der Waals surface area contributed by atoms with Crippen LogP contribution in [0.1, 0.15) is 57.2 Å². The van der Waals surface area contributed by atoms with E-state index in [0.29, 0.717) is 11.6 Å². The first-order chi connectivity index (χ1) is 9.58. The highest BCUT2D eigenvalue weighted by molar-refractivity contribution is 5.25. The van der Waals surface area contributed by atoms with Gasteiger partial charge in [-0.2, -0.15) is 0 Å². The van der Waals surface area contributed by atoms with Gasteiger partial charge >= 0.3 is 0 Å². The summed E-state index contributed by atoms with van der Waals surface area (Å²) in [6.45, 7) is 9.30. The van der Waals surface area contributed by atoms with E-state index in [2.05, 4.69) is 62.3 Å². The van der Waals surface area contributed by atoms with Crippen LogP contribution >= 0.6 is 0 Å². The van der Waals surface area contributed by atoms with E-state index >= 15 is 0 Å². The van der Waals surface area contributed by atoms with Gasteiger partial charge in [0.15, 0.2) is 0 Å². The van der Waals surface area contributed by atoms with Crippen molar-refractivity contribution in [2.75, 3.05) is 20.1 Å². The summed E-state index contributed by atoms with van der Waals surface area (Å²) >= 11 is 0. The molecule has 1 atom stereocenters. The molecule has 0 radical (unpaired) electrons. The normalized spacial score (nSPS) is 20.8. The Bertz CT molecular complexity index is 402. The van der Waals surface area contributed by atoms with Crippen LogP contribution in [-0.2, 0) is 6.42 Å². The van der Waals surface area contributed by atoms with Crippen molar-refractivity contribution in [3.8, 4) is 0 Å². The Balaban J connectivity index is 1.96. The van der Waals surface area contributed by atoms with Crippen LogP contribution in [0.5, 0.6) is 0 Å². The molecular formula is C18H30N2. The monoisotopic (exact) mass is 274 g/mol. The smallest absolute Gasteiger partial charge is 0.0319 e. The maximum absolute atomic E-state index is 3.47. The van der Waals surface area contributed by atoms with Crippen molar-refractivity contribution in [2.45, 2.75) is 58.0 Å². The van der Waals surface area contributed by atoms with Crippen molar-refractivity contribution in [3.05, 3.63) is 35.4 Å². The first kappa shape index (κ1) is 15.5. The van der Waals surface area contributed by atoms with E-state index in [1.807, 2.05) is 0 Å². The van der Waals surface area contributed by atoms with E-state index in [4.69, 9.17) is 0 Å². The Hall–Kier alpha value is -0.860. The fourth-order valence-corrected chi connectivity index (χ4v) is 3.12. The number of rotatable bonds is 5. The van der Waals surface area contributed by atoms with Gasteiger partial charge in [0.2, 0.25) is 0 Å². The van der Waals surface area contributed by atoms with Gasteiger partial charge in [-0.05, 0) is 51.3 Å². The summed E-state index contributed by atoms with van der Waals surface area (Å²) in [6.07, 6.45) is 4.89. The molecule has 0 aromatic heterocycles. The van der Waals surface area contributed by atoms with E-state index in [1.54, 1.807) is 0 Å². The third-order valence-corrected chi connectivity index (χ3v) is 5.05. The van der Waals surface area contributed by atoms with Crippen molar-refractivity contribution in [3.63, 3.8) is 0 Å². The number of nitrogens with one attached hydrogen (secondary N) is 1. The second kappa shape index (κ2) is 6.73. The van der Waals surface area contributed by atoms with Crippen LogP contribution in [0, 0.1) is 0 Å². The van der Waals surface area contributed by atoms with Crippen LogP contribution in [0.15, 0.2) is 24.3 Å². The van der Waals surface area contributed by atoms with Crippen LogP contribution in [0.4, 0.5) is 0 Å². The highest BCUT2D eigenvalue weighted by Crippen LogP contribution is 2.28. The summed E-state index contributed by atoms with van der Waals surface area (Å²) in [5.41, 5.74) is 3.25. The summed E-state index contributed by atoms with van der Waals surface area (Å²) in [5, 5.41) is 3.47. The maximum Gasteiger partial charge on any atom is 0.0319 e. The van der Waals surface area contributed by atoms with Gasteiger partial charge in [-0.25, -0.2) is 0 Å². The lowest BCUT2D eigenvalue weighted by Crippen LogP contribution is -2.50. The van der Waals surface area contributed by atoms with Gasteiger partial charge in [-0.3, -0.25) is 4.90 Å². The summed E-state index contributed by atoms with van der Waals surface area (Å²) < 4.78 is 0. The minimum atomic E-state index is 0.335. The fraction of sp³-hybridized carbons (Fsp3) is 0.667. The van der Waals surface area contributed by atoms with Gasteiger partial charge in [-0.15, -0.1) is 0 Å². The molecule has 1 aromatic carbocycles. The predicted molar refractivity (Wildman–Crippen MR) is 87.1 cm³/mol. The standard InChI is InChI=1S/C18H30N2/c1-5-6-16-7-9-17(10-8-16)15(2)20-13-11-18(3,19-4)12-14-20/h7-10,15,19H,5-6,11-14H2,1-4H3. The Kier molecular flexibility index (Phi) is 5.22. The minimum Gasteiger partial charge on any atom is -0.314 e. The Morgan fingerprint density at radius 2 is 1.80 bits per heavy atom. The van der Waals surface area contributed by atoms with Crippen molar-refractivity contribution in [2.24, 2.45) is 0 Å². The first-order valence-electron chi connectivity index (χ1n) is 8.10. The molecule has 1 aliphatic heterocycles. The third-order valence-electron chi connectivity index (χ3n) is 5.05. The lowest BCUT2D eigenvalue weighted by molar-refractivity contribution is 0.117. The SMILES string of the molecule is CCCc1ccc(C(C)N2CCC(C)(NC)CC2)cc1. The van der Waals surface area contributed by atoms with Crippen molar-refractivity contribution >= 4 is 0 Å². The van der Waals surface area contributed by atoms with E-state index in [9.17, 15) is 0 Å². The van der Waals surface area contributed by atoms with Crippen molar-refractivity contribution < 1.29 is 0 Å². The number of nitrogens with zero attached hydrogens (tertiary/aromatic N) is 1. The molecule has 0 saturated carbocycles. The molecule has 1 N–H and O–H groups in total. The third kappa shape index (κ3) is 3.62. The Morgan fingerprint density at radius 3 is 2.30 bits per heavy atom. The second-order valence-corrected chi connectivity index (χ2v) is 6.51. The molecule has 1 heterocycles. The molecule has 0 bridgehead atoms. The second-order valence-electron chi connectivity index (χ2n) is 6.51. The lowest BCUT2D eigenvalue weighted by Gasteiger charge is -2.42. The molecule has 1 aromatic rings. The molecule has 0 spiro atoms. The van der Waals surface area contributed by atoms with E-state index < -0.39 is 0 Å². The molecule has 1 saturated heterocycles. The topological polar surface area (TPSA) is 15.3 Å². The molecule has 1 aliphatic rings. The number of hydrogen-bond donors (Lipinski definition) is 1. The van der Waals surface area contributed by atoms with Gasteiger partial charge in [0, 0.05) is 24.7 Å². The van der Waals surface area contributed by atoms with Crippen LogP contribution < -0.4 is 5.32 Å². The molecule has 2 nitrogen and oxygen atoms in total. The van der Waals surface area contributed by atoms with Gasteiger partial charge in [0.25, 0.3) is 0 Å². The van der Waals surface area contributed by atoms with Crippen LogP contribution in [-0.4, -0.2) is 30.6 Å². The molecule has 2 heteroatoms. The molecule has 112 valence electrons. The van der Waals surface area contributed by atoms with Gasteiger partial charge in [-0.1, -0.05) is 37.6 Å². The number of hydrogen-bond acceptors (Lipinski definition) is 2. The zero-order valence-electron chi connectivity index (χ0n) is 13.6. The highest BCUT2D eigenvalue weighted by Gasteiger charge is 2.30. The maximum atomic E-state index is 3.47. The zero-order chi connectivity index (χ0) is 14.6. The average Bonchev–Trinajstić information content (AvgIpc) is 2.48. The molecular weight excluding hydrogens is 244 g/mol. The van der Waals surface area contributed by atoms with E-state index in [0.717, 1.165) is 0 Å². The lowest BCUT2D eigenvalue weighted by atomic mass is 9.88. The zero-order valence-corrected chi connectivity index (χ0v) is 13.6. The summed E-state index contributed by atoms with van der Waals surface area (Å²) in [6, 6.07) is 9.78. The van der Waals surface area contributed by atoms with Crippen molar-refractivity contribution in [1.29, 1.82) is 0 Å². The van der Waals surface area contributed by atoms with Crippen LogP contribution in [0.3, 0.4) is 0 Å². The quantitative estimate of drug-likeness (QED) is 0.879. The van der Waals surface area contributed by atoms with Gasteiger partial charge < -0.3 is 5.32 Å². The van der Waals surface area contributed by atoms with Crippen LogP contribution in [0.25, 0.3) is 0 Å². The van der Waals surface area contributed by atoms with Crippen LogP contribution in [0.2, 0.25) is 0 Å². The van der Waals surface area contributed by atoms with Gasteiger partial charge in [0.05, 0.1) is 0 Å². The first-order valence-corrected chi connectivity index (χ1v) is 8.10. The minimum absolute atomic E-state index is 0.335. The molecule has 20 heavy (non-hydrogen) atoms. The Labute approximate surface area is 124 Å². The summed E-state index contributed by atoms with van der Waals surface area (Å²) in [7, 11) is 2.09. The number of piperidine rings is 1. The highest BCUT2D eigenvalue weighted by atomic mass is 15.2. The molecule has 0 aliphatic carbocycles. The summed E-state index contributed by atoms with van der Waals surface area (Å²) in [4.78, 5) is 2.62.